The number of carboxylic acids is 1. The summed E-state index contributed by atoms with van der Waals surface area (Å²) in [5, 5.41) is 11.2. The Morgan fingerprint density at radius 3 is 2.60 bits per heavy atom. The zero-order valence-electron chi connectivity index (χ0n) is 13.5. The lowest BCUT2D eigenvalue weighted by atomic mass is 9.91. The molecule has 0 radical (unpaired) electrons. The van der Waals surface area contributed by atoms with E-state index < -0.39 is 12.0 Å². The third-order valence-corrected chi connectivity index (χ3v) is 5.67. The van der Waals surface area contributed by atoms with Crippen LogP contribution in [0.5, 0.6) is 0 Å². The van der Waals surface area contributed by atoms with Crippen molar-refractivity contribution in [1.82, 2.24) is 4.90 Å². The Labute approximate surface area is 162 Å². The van der Waals surface area contributed by atoms with Gasteiger partial charge in [0, 0.05) is 5.02 Å². The van der Waals surface area contributed by atoms with Crippen LogP contribution < -0.4 is 0 Å². The molecule has 3 rings (SSSR count). The van der Waals surface area contributed by atoms with Gasteiger partial charge in [0.25, 0.3) is 0 Å². The van der Waals surface area contributed by atoms with Gasteiger partial charge in [0.2, 0.25) is 0 Å². The molecule has 1 heterocycles. The lowest BCUT2D eigenvalue weighted by molar-refractivity contribution is -0.145. The summed E-state index contributed by atoms with van der Waals surface area (Å²) in [6.45, 7) is 0.678. The van der Waals surface area contributed by atoms with E-state index in [-0.39, 0.29) is 6.04 Å². The Bertz CT molecular complexity index is 781. The molecule has 1 aliphatic rings. The number of carboxylic acid groups (broad SMARTS) is 1. The topological polar surface area (TPSA) is 40.5 Å². The number of nitrogens with zero attached hydrogens (tertiary/aromatic N) is 1. The second-order valence-electron chi connectivity index (χ2n) is 6.19. The highest BCUT2D eigenvalue weighted by molar-refractivity contribution is 6.42. The van der Waals surface area contributed by atoms with Gasteiger partial charge < -0.3 is 5.11 Å². The smallest absolute Gasteiger partial charge is 0.320 e. The van der Waals surface area contributed by atoms with E-state index in [2.05, 4.69) is 0 Å². The molecule has 0 saturated carbocycles. The number of carbonyl (C=O) groups is 1. The van der Waals surface area contributed by atoms with Gasteiger partial charge >= 0.3 is 5.97 Å². The minimum atomic E-state index is -0.815. The lowest BCUT2D eigenvalue weighted by Crippen LogP contribution is -2.46. The summed E-state index contributed by atoms with van der Waals surface area (Å²) in [5.41, 5.74) is 1.70. The van der Waals surface area contributed by atoms with Crippen LogP contribution in [0.1, 0.15) is 36.4 Å². The van der Waals surface area contributed by atoms with Gasteiger partial charge in [0.15, 0.2) is 0 Å². The van der Waals surface area contributed by atoms with Crippen molar-refractivity contribution in [3.63, 3.8) is 0 Å². The van der Waals surface area contributed by atoms with E-state index in [4.69, 9.17) is 34.8 Å². The van der Waals surface area contributed by atoms with E-state index in [0.717, 1.165) is 24.0 Å². The number of hydrogen-bond acceptors (Lipinski definition) is 2. The maximum atomic E-state index is 11.8. The molecule has 2 atom stereocenters. The quantitative estimate of drug-likeness (QED) is 0.720. The van der Waals surface area contributed by atoms with Crippen molar-refractivity contribution in [3.05, 3.63) is 68.7 Å². The van der Waals surface area contributed by atoms with Crippen molar-refractivity contribution in [3.8, 4) is 0 Å². The molecule has 1 N–H and O–H groups in total. The summed E-state index contributed by atoms with van der Waals surface area (Å²) in [6.07, 6.45) is 2.46. The van der Waals surface area contributed by atoms with Gasteiger partial charge in [-0.15, -0.1) is 0 Å². The van der Waals surface area contributed by atoms with Crippen molar-refractivity contribution in [2.75, 3.05) is 6.54 Å². The van der Waals surface area contributed by atoms with Crippen LogP contribution in [0.2, 0.25) is 15.1 Å². The zero-order chi connectivity index (χ0) is 18.0. The number of aliphatic carboxylic acids is 1. The number of piperidine rings is 1. The molecular formula is C19H18Cl3NO2. The summed E-state index contributed by atoms with van der Waals surface area (Å²) in [6, 6.07) is 12.0. The fraction of sp³-hybridized carbons (Fsp3) is 0.316. The minimum Gasteiger partial charge on any atom is -0.480 e. The van der Waals surface area contributed by atoms with Gasteiger partial charge in [0.1, 0.15) is 6.04 Å². The maximum Gasteiger partial charge on any atom is 0.320 e. The predicted octanol–water partition coefficient (Wildman–Crippen LogP) is 5.68. The molecule has 0 aliphatic carbocycles. The number of halogens is 3. The zero-order valence-corrected chi connectivity index (χ0v) is 15.7. The molecule has 0 aromatic heterocycles. The molecular weight excluding hydrogens is 381 g/mol. The Morgan fingerprint density at radius 1 is 1.12 bits per heavy atom. The van der Waals surface area contributed by atoms with E-state index >= 15 is 0 Å². The largest absolute Gasteiger partial charge is 0.480 e. The second kappa shape index (κ2) is 7.96. The molecule has 2 aromatic carbocycles. The average Bonchev–Trinajstić information content (AvgIpc) is 2.59. The van der Waals surface area contributed by atoms with Crippen LogP contribution in [0.3, 0.4) is 0 Å². The first-order valence-electron chi connectivity index (χ1n) is 8.17. The first-order valence-corrected chi connectivity index (χ1v) is 9.30. The van der Waals surface area contributed by atoms with E-state index in [1.54, 1.807) is 12.1 Å². The summed E-state index contributed by atoms with van der Waals surface area (Å²) < 4.78 is 0. The van der Waals surface area contributed by atoms with Crippen molar-refractivity contribution in [2.45, 2.75) is 31.3 Å². The molecule has 25 heavy (non-hydrogen) atoms. The fourth-order valence-corrected chi connectivity index (χ4v) is 4.10. The van der Waals surface area contributed by atoms with Crippen LogP contribution in [0.25, 0.3) is 0 Å². The fourth-order valence-electron chi connectivity index (χ4n) is 3.49. The third-order valence-electron chi connectivity index (χ3n) is 4.60. The molecule has 0 spiro atoms. The first-order chi connectivity index (χ1) is 12.0. The molecule has 0 bridgehead atoms. The standard InChI is InChI=1S/C19H18Cl3NO2/c20-13-6-3-5-12(11-13)18(14-7-4-8-15(21)17(14)22)23-10-2-1-9-16(23)19(24)25/h3-8,11,16,18H,1-2,9-10H2,(H,24,25). The van der Waals surface area contributed by atoms with Gasteiger partial charge in [-0.1, -0.05) is 65.5 Å². The molecule has 2 unspecified atom stereocenters. The van der Waals surface area contributed by atoms with Gasteiger partial charge in [-0.25, -0.2) is 0 Å². The van der Waals surface area contributed by atoms with Crippen molar-refractivity contribution in [2.24, 2.45) is 0 Å². The molecule has 1 saturated heterocycles. The van der Waals surface area contributed by atoms with Crippen LogP contribution in [0.4, 0.5) is 0 Å². The third kappa shape index (κ3) is 3.95. The number of benzene rings is 2. The first kappa shape index (κ1) is 18.5. The highest BCUT2D eigenvalue weighted by Crippen LogP contribution is 2.40. The number of rotatable bonds is 4. The number of likely N-dealkylation sites (tertiary alicyclic amines) is 1. The van der Waals surface area contributed by atoms with Gasteiger partial charge in [-0.3, -0.25) is 9.69 Å². The van der Waals surface area contributed by atoms with Crippen molar-refractivity contribution >= 4 is 40.8 Å². The SMILES string of the molecule is O=C(O)C1CCCCN1C(c1cccc(Cl)c1)c1cccc(Cl)c1Cl. The van der Waals surface area contributed by atoms with E-state index in [9.17, 15) is 9.90 Å². The van der Waals surface area contributed by atoms with Crippen LogP contribution in [-0.2, 0) is 4.79 Å². The monoisotopic (exact) mass is 397 g/mol. The van der Waals surface area contributed by atoms with Crippen LogP contribution in [-0.4, -0.2) is 28.6 Å². The summed E-state index contributed by atoms with van der Waals surface area (Å²) in [5.74, 6) is -0.815. The molecule has 3 nitrogen and oxygen atoms in total. The summed E-state index contributed by atoms with van der Waals surface area (Å²) >= 11 is 18.9. The summed E-state index contributed by atoms with van der Waals surface area (Å²) in [4.78, 5) is 13.8. The van der Waals surface area contributed by atoms with Crippen LogP contribution in [0, 0.1) is 0 Å². The van der Waals surface area contributed by atoms with Crippen molar-refractivity contribution in [1.29, 1.82) is 0 Å². The van der Waals surface area contributed by atoms with Crippen LogP contribution in [0.15, 0.2) is 42.5 Å². The summed E-state index contributed by atoms with van der Waals surface area (Å²) in [7, 11) is 0. The minimum absolute atomic E-state index is 0.314. The van der Waals surface area contributed by atoms with E-state index in [0.29, 0.717) is 28.0 Å². The molecule has 0 amide bonds. The Hall–Kier alpha value is -1.26. The maximum absolute atomic E-state index is 11.8. The molecule has 1 aliphatic heterocycles. The highest BCUT2D eigenvalue weighted by Gasteiger charge is 2.36. The average molecular weight is 399 g/mol. The molecule has 2 aromatic rings. The predicted molar refractivity (Wildman–Crippen MR) is 102 cm³/mol. The Balaban J connectivity index is 2.15. The van der Waals surface area contributed by atoms with Gasteiger partial charge in [-0.2, -0.15) is 0 Å². The lowest BCUT2D eigenvalue weighted by Gasteiger charge is -2.40. The number of hydrogen-bond donors (Lipinski definition) is 1. The normalized spacial score (nSPS) is 19.6. The Kier molecular flexibility index (Phi) is 5.90. The van der Waals surface area contributed by atoms with Gasteiger partial charge in [-0.05, 0) is 48.7 Å². The highest BCUT2D eigenvalue weighted by atomic mass is 35.5. The molecule has 6 heteroatoms. The van der Waals surface area contributed by atoms with Crippen molar-refractivity contribution < 1.29 is 9.90 Å². The van der Waals surface area contributed by atoms with Gasteiger partial charge in [0.05, 0.1) is 16.1 Å². The Morgan fingerprint density at radius 2 is 1.88 bits per heavy atom. The van der Waals surface area contributed by atoms with E-state index in [1.165, 1.54) is 0 Å². The second-order valence-corrected chi connectivity index (χ2v) is 7.41. The van der Waals surface area contributed by atoms with Crippen LogP contribution >= 0.6 is 34.8 Å². The van der Waals surface area contributed by atoms with E-state index in [1.807, 2.05) is 35.2 Å². The molecule has 1 fully saturated rings. The molecule has 132 valence electrons.